The van der Waals surface area contributed by atoms with Gasteiger partial charge >= 0.3 is 0 Å². The molecule has 10 nitrogen and oxygen atoms in total. The molecule has 0 bridgehead atoms. The lowest BCUT2D eigenvalue weighted by Crippen LogP contribution is -2.36. The van der Waals surface area contributed by atoms with Crippen LogP contribution in [0.1, 0.15) is 142 Å². The van der Waals surface area contributed by atoms with E-state index in [4.69, 9.17) is 18.9 Å². The molecule has 5 aliphatic rings. The molecule has 0 unspecified atom stereocenters. The van der Waals surface area contributed by atoms with Crippen LogP contribution >= 0.6 is 0 Å². The van der Waals surface area contributed by atoms with Gasteiger partial charge in [-0.15, -0.1) is 0 Å². The van der Waals surface area contributed by atoms with Gasteiger partial charge in [0, 0.05) is 88.3 Å². The van der Waals surface area contributed by atoms with E-state index in [-0.39, 0.29) is 11.6 Å². The van der Waals surface area contributed by atoms with Crippen molar-refractivity contribution in [3.63, 3.8) is 0 Å². The predicted octanol–water partition coefficient (Wildman–Crippen LogP) is 13.0. The van der Waals surface area contributed by atoms with Crippen molar-refractivity contribution in [3.8, 4) is 0 Å². The van der Waals surface area contributed by atoms with Gasteiger partial charge in [-0.3, -0.25) is 19.4 Å². The summed E-state index contributed by atoms with van der Waals surface area (Å²) >= 11 is 0. The first-order chi connectivity index (χ1) is 36.5. The maximum atomic E-state index is 13.1. The molecule has 0 spiro atoms. The molecule has 1 fully saturated rings. The molecule has 1 saturated heterocycles. The zero-order valence-electron chi connectivity index (χ0n) is 46.1. The van der Waals surface area contributed by atoms with Gasteiger partial charge in [0.05, 0.1) is 52.9 Å². The fraction of sp³-hybridized carbons (Fsp3) is 0.594. The summed E-state index contributed by atoms with van der Waals surface area (Å²) in [5, 5.41) is 0. The number of unbranched alkanes of at least 4 members (excludes halogenated alkanes) is 18. The predicted molar refractivity (Wildman–Crippen MR) is 307 cm³/mol. The fourth-order valence-corrected chi connectivity index (χ4v) is 9.50. The Bertz CT molecular complexity index is 1820. The van der Waals surface area contributed by atoms with Gasteiger partial charge in [-0.05, 0) is 83.7 Å². The van der Waals surface area contributed by atoms with E-state index >= 15 is 0 Å². The van der Waals surface area contributed by atoms with E-state index in [2.05, 4.69) is 107 Å². The van der Waals surface area contributed by atoms with Crippen LogP contribution in [0.4, 0.5) is 0 Å². The molecule has 5 rings (SSSR count). The Morgan fingerprint density at radius 2 is 0.662 bits per heavy atom. The summed E-state index contributed by atoms with van der Waals surface area (Å²) in [6.07, 6.45) is 63.9. The minimum absolute atomic E-state index is 0.0354. The van der Waals surface area contributed by atoms with Gasteiger partial charge in [0.15, 0.2) is 11.6 Å². The van der Waals surface area contributed by atoms with Gasteiger partial charge in [-0.2, -0.15) is 0 Å². The van der Waals surface area contributed by atoms with Gasteiger partial charge in [0.1, 0.15) is 0 Å². The highest BCUT2D eigenvalue weighted by atomic mass is 16.5. The first-order valence-corrected chi connectivity index (χ1v) is 29.2. The molecule has 10 heteroatoms. The van der Waals surface area contributed by atoms with Crippen molar-refractivity contribution in [2.45, 2.75) is 142 Å². The summed E-state index contributed by atoms with van der Waals surface area (Å²) in [5.74, 6) is 0.0708. The molecule has 74 heavy (non-hydrogen) atoms. The zero-order chi connectivity index (χ0) is 51.9. The molecular weight excluding hydrogens is 921 g/mol. The maximum absolute atomic E-state index is 13.1. The van der Waals surface area contributed by atoms with Gasteiger partial charge in [-0.25, -0.2) is 0 Å². The monoisotopic (exact) mass is 1020 g/mol. The van der Waals surface area contributed by atoms with E-state index in [9.17, 15) is 9.59 Å². The van der Waals surface area contributed by atoms with E-state index < -0.39 is 0 Å². The van der Waals surface area contributed by atoms with E-state index in [0.29, 0.717) is 92.1 Å². The summed E-state index contributed by atoms with van der Waals surface area (Å²) in [6.45, 7) is 14.3. The highest BCUT2D eigenvalue weighted by molar-refractivity contribution is 6.07. The Balaban J connectivity index is 0.998. The Hall–Kier alpha value is -4.42. The number of carbonyl (C=O) groups excluding carboxylic acids is 2. The van der Waals surface area contributed by atoms with E-state index in [1.165, 1.54) is 128 Å². The normalized spacial score (nSPS) is 20.2. The molecule has 0 saturated carbocycles. The van der Waals surface area contributed by atoms with Crippen LogP contribution in [-0.2, 0) is 28.5 Å². The van der Waals surface area contributed by atoms with E-state index in [1.54, 1.807) is 12.2 Å². The molecule has 408 valence electrons. The highest BCUT2D eigenvalue weighted by Gasteiger charge is 2.18. The molecule has 0 aromatic carbocycles. The first-order valence-electron chi connectivity index (χ1n) is 29.2. The van der Waals surface area contributed by atoms with Crippen LogP contribution < -0.4 is 0 Å². The summed E-state index contributed by atoms with van der Waals surface area (Å²) < 4.78 is 24.1. The number of ether oxygens (including phenoxy) is 4. The Labute approximate surface area is 448 Å². The highest BCUT2D eigenvalue weighted by Crippen LogP contribution is 2.20. The zero-order valence-corrected chi connectivity index (χ0v) is 46.1. The lowest BCUT2D eigenvalue weighted by molar-refractivity contribution is -0.112. The van der Waals surface area contributed by atoms with Gasteiger partial charge < -0.3 is 28.7 Å². The van der Waals surface area contributed by atoms with Crippen LogP contribution in [0.5, 0.6) is 0 Å². The Kier molecular flexibility index (Phi) is 31.9. The van der Waals surface area contributed by atoms with E-state index in [0.717, 1.165) is 46.5 Å². The third-order valence-electron chi connectivity index (χ3n) is 14.2. The van der Waals surface area contributed by atoms with Crippen molar-refractivity contribution in [3.05, 3.63) is 143 Å². The first kappa shape index (κ1) is 60.4. The number of ketones is 2. The second-order valence-electron chi connectivity index (χ2n) is 20.5. The lowest BCUT2D eigenvalue weighted by atomic mass is 9.99. The number of rotatable bonds is 28. The van der Waals surface area contributed by atoms with E-state index in [1.807, 2.05) is 24.3 Å². The van der Waals surface area contributed by atoms with Crippen LogP contribution in [0.25, 0.3) is 0 Å². The number of carbonyl (C=O) groups is 2. The molecule has 0 aromatic heterocycles. The van der Waals surface area contributed by atoms with Crippen molar-refractivity contribution in [1.82, 2.24) is 19.6 Å². The second-order valence-corrected chi connectivity index (χ2v) is 20.5. The largest absolute Gasteiger partial charge is 0.378 e. The summed E-state index contributed by atoms with van der Waals surface area (Å²) in [6, 6.07) is 0. The van der Waals surface area contributed by atoms with Crippen molar-refractivity contribution >= 4 is 11.6 Å². The van der Waals surface area contributed by atoms with Crippen molar-refractivity contribution in [2.75, 3.05) is 105 Å². The topological polar surface area (TPSA) is 84.0 Å². The number of nitrogens with zero attached hydrogens (tertiary/aromatic N) is 4. The Morgan fingerprint density at radius 1 is 0.365 bits per heavy atom. The average Bonchev–Trinajstić information content (AvgIpc) is 3.41. The summed E-state index contributed by atoms with van der Waals surface area (Å²) in [7, 11) is 0. The van der Waals surface area contributed by atoms with Gasteiger partial charge in [0.25, 0.3) is 0 Å². The quantitative estimate of drug-likeness (QED) is 0.0707. The molecule has 0 radical (unpaired) electrons. The smallest absolute Gasteiger partial charge is 0.183 e. The molecular formula is C64H96N4O6. The molecule has 2 aliphatic carbocycles. The summed E-state index contributed by atoms with van der Waals surface area (Å²) in [5.41, 5.74) is 5.80. The molecule has 3 heterocycles. The van der Waals surface area contributed by atoms with Gasteiger partial charge in [0.2, 0.25) is 0 Å². The minimum atomic E-state index is 0.0354. The molecule has 0 aromatic rings. The van der Waals surface area contributed by atoms with Crippen LogP contribution in [0.2, 0.25) is 0 Å². The second kappa shape index (κ2) is 39.0. The SMILES string of the molecule is CCCCCCCCCCCCN1C=CC(=C/C=C2\C=CC(=O)C(CN3CCOCCOCCN(CC4=C/C(=C/C=C5C=CN(CCCCCCCCCCCC)C=C5)C=CC4=O)CCOCCOCC3)=C2)C=C1. The standard InChI is InChI=1S/C64H96N4O6/c1-3-5-7-9-11-13-15-17-19-21-35-65-37-31-57(32-38-65)23-25-59-27-29-63(69)61(53-59)55-67-41-45-71-49-51-73-47-43-68(44-48-74-52-50-72-46-42-67)56-62-54-60(28-30-64(62)70)26-24-58-33-39-66(40-34-58)36-22-20-18-16-14-12-10-8-6-4-2/h23-34,37-40,53-54H,3-22,35-36,41-52,55-56H2,1-2H3/b59-25+,60-26+. The molecule has 3 aliphatic heterocycles. The fourth-order valence-electron chi connectivity index (χ4n) is 9.50. The number of allylic oxidation sites excluding steroid dienone is 18. The van der Waals surface area contributed by atoms with Crippen LogP contribution in [0.15, 0.2) is 143 Å². The average molecular weight is 1020 g/mol. The van der Waals surface area contributed by atoms with Gasteiger partial charge in [-0.1, -0.05) is 166 Å². The number of hydrogen-bond donors (Lipinski definition) is 0. The van der Waals surface area contributed by atoms with Crippen LogP contribution in [0, 0.1) is 0 Å². The van der Waals surface area contributed by atoms with Crippen molar-refractivity contribution in [2.24, 2.45) is 0 Å². The van der Waals surface area contributed by atoms with Crippen LogP contribution in [-0.4, -0.2) is 136 Å². The molecule has 0 amide bonds. The number of hydrogen-bond acceptors (Lipinski definition) is 10. The third-order valence-corrected chi connectivity index (χ3v) is 14.2. The Morgan fingerprint density at radius 3 is 0.986 bits per heavy atom. The van der Waals surface area contributed by atoms with Crippen molar-refractivity contribution in [1.29, 1.82) is 0 Å². The summed E-state index contributed by atoms with van der Waals surface area (Å²) in [4.78, 5) is 35.2. The molecule has 0 N–H and O–H groups in total. The minimum Gasteiger partial charge on any atom is -0.378 e. The lowest BCUT2D eigenvalue weighted by Gasteiger charge is -2.25. The molecule has 0 atom stereocenters. The van der Waals surface area contributed by atoms with Crippen molar-refractivity contribution < 1.29 is 28.5 Å². The van der Waals surface area contributed by atoms with Crippen LogP contribution in [0.3, 0.4) is 0 Å². The third kappa shape index (κ3) is 26.9. The maximum Gasteiger partial charge on any atom is 0.183 e.